The normalized spacial score (nSPS) is 19.7. The second-order valence-corrected chi connectivity index (χ2v) is 4.76. The van der Waals surface area contributed by atoms with E-state index in [9.17, 15) is 4.79 Å². The molecule has 0 aliphatic carbocycles. The van der Waals surface area contributed by atoms with E-state index in [1.807, 2.05) is 19.1 Å². The van der Waals surface area contributed by atoms with Crippen molar-refractivity contribution in [2.75, 3.05) is 25.0 Å². The van der Waals surface area contributed by atoms with Crippen LogP contribution in [0.3, 0.4) is 0 Å². The summed E-state index contributed by atoms with van der Waals surface area (Å²) in [6, 6.07) is 3.59. The van der Waals surface area contributed by atoms with Gasteiger partial charge in [-0.1, -0.05) is 0 Å². The van der Waals surface area contributed by atoms with Gasteiger partial charge in [0.05, 0.1) is 11.9 Å². The maximum Gasteiger partial charge on any atom is 0.321 e. The predicted octanol–water partition coefficient (Wildman–Crippen LogP) is 1.63. The number of likely N-dealkylation sites (tertiary alicyclic amines) is 1. The van der Waals surface area contributed by atoms with Crippen LogP contribution in [0, 0.1) is 12.8 Å². The quantitative estimate of drug-likeness (QED) is 0.837. The molecule has 2 rings (SSSR count). The largest absolute Gasteiger partial charge is 0.396 e. The Bertz CT molecular complexity index is 405. The lowest BCUT2D eigenvalue weighted by atomic mass is 9.99. The number of rotatable bonds is 2. The van der Waals surface area contributed by atoms with E-state index in [0.29, 0.717) is 12.2 Å². The van der Waals surface area contributed by atoms with Crippen molar-refractivity contribution < 1.29 is 9.90 Å². The zero-order valence-electron chi connectivity index (χ0n) is 10.6. The Morgan fingerprint density at radius 1 is 1.61 bits per heavy atom. The van der Waals surface area contributed by atoms with E-state index >= 15 is 0 Å². The van der Waals surface area contributed by atoms with Crippen LogP contribution >= 0.6 is 0 Å². The van der Waals surface area contributed by atoms with Crippen LogP contribution in [-0.2, 0) is 0 Å². The summed E-state index contributed by atoms with van der Waals surface area (Å²) in [5.74, 6) is 0.209. The molecule has 1 unspecified atom stereocenters. The van der Waals surface area contributed by atoms with E-state index in [4.69, 9.17) is 5.11 Å². The number of hydrogen-bond acceptors (Lipinski definition) is 3. The number of carbonyl (C=O) groups excluding carboxylic acids is 1. The summed E-state index contributed by atoms with van der Waals surface area (Å²) in [7, 11) is 0. The molecule has 2 heterocycles. The lowest BCUT2D eigenvalue weighted by Crippen LogP contribution is -2.43. The van der Waals surface area contributed by atoms with Crippen LogP contribution < -0.4 is 5.32 Å². The van der Waals surface area contributed by atoms with Crippen molar-refractivity contribution in [2.24, 2.45) is 5.92 Å². The van der Waals surface area contributed by atoms with Crippen molar-refractivity contribution in [3.63, 3.8) is 0 Å². The second-order valence-electron chi connectivity index (χ2n) is 4.76. The van der Waals surface area contributed by atoms with Gasteiger partial charge in [-0.2, -0.15) is 0 Å². The van der Waals surface area contributed by atoms with E-state index in [0.717, 1.165) is 25.1 Å². The molecule has 5 nitrogen and oxygen atoms in total. The van der Waals surface area contributed by atoms with Gasteiger partial charge in [0.25, 0.3) is 0 Å². The van der Waals surface area contributed by atoms with E-state index in [1.165, 1.54) is 0 Å². The van der Waals surface area contributed by atoms with E-state index in [1.54, 1.807) is 11.1 Å². The Morgan fingerprint density at radius 2 is 2.44 bits per heavy atom. The zero-order chi connectivity index (χ0) is 13.0. The van der Waals surface area contributed by atoms with Crippen LogP contribution in [0.25, 0.3) is 0 Å². The van der Waals surface area contributed by atoms with Crippen LogP contribution in [0.5, 0.6) is 0 Å². The van der Waals surface area contributed by atoms with Gasteiger partial charge in [0, 0.05) is 25.4 Å². The topological polar surface area (TPSA) is 65.5 Å². The number of carbonyl (C=O) groups is 1. The molecule has 1 saturated heterocycles. The molecule has 1 atom stereocenters. The summed E-state index contributed by atoms with van der Waals surface area (Å²) >= 11 is 0. The number of pyridine rings is 1. The summed E-state index contributed by atoms with van der Waals surface area (Å²) < 4.78 is 0. The van der Waals surface area contributed by atoms with Crippen molar-refractivity contribution >= 4 is 11.7 Å². The molecule has 0 saturated carbocycles. The fraction of sp³-hybridized carbons (Fsp3) is 0.538. The molecule has 1 aromatic heterocycles. The number of anilines is 1. The predicted molar refractivity (Wildman–Crippen MR) is 69.4 cm³/mol. The molecule has 18 heavy (non-hydrogen) atoms. The third-order valence-corrected chi connectivity index (χ3v) is 3.23. The van der Waals surface area contributed by atoms with Crippen LogP contribution in [0.4, 0.5) is 10.5 Å². The third kappa shape index (κ3) is 3.20. The number of nitrogens with one attached hydrogen (secondary N) is 1. The highest BCUT2D eigenvalue weighted by molar-refractivity contribution is 5.89. The first-order valence-corrected chi connectivity index (χ1v) is 6.28. The van der Waals surface area contributed by atoms with Gasteiger partial charge in [-0.15, -0.1) is 0 Å². The van der Waals surface area contributed by atoms with E-state index in [-0.39, 0.29) is 18.6 Å². The SMILES string of the molecule is Cc1ccc(NC(=O)N2CCCC(CO)C2)cn1. The van der Waals surface area contributed by atoms with Crippen LogP contribution in [0.15, 0.2) is 18.3 Å². The molecule has 5 heteroatoms. The fourth-order valence-corrected chi connectivity index (χ4v) is 2.14. The number of urea groups is 1. The van der Waals surface area contributed by atoms with Crippen LogP contribution in [0.1, 0.15) is 18.5 Å². The monoisotopic (exact) mass is 249 g/mol. The average Bonchev–Trinajstić information content (AvgIpc) is 2.41. The van der Waals surface area contributed by atoms with Crippen LogP contribution in [-0.4, -0.2) is 40.7 Å². The Kier molecular flexibility index (Phi) is 4.15. The van der Waals surface area contributed by atoms with Gasteiger partial charge in [0.2, 0.25) is 0 Å². The van der Waals surface area contributed by atoms with Crippen molar-refractivity contribution in [2.45, 2.75) is 19.8 Å². The highest BCUT2D eigenvalue weighted by atomic mass is 16.3. The fourth-order valence-electron chi connectivity index (χ4n) is 2.14. The highest BCUT2D eigenvalue weighted by Crippen LogP contribution is 2.17. The molecule has 1 aromatic rings. The molecule has 1 aliphatic heterocycles. The van der Waals surface area contributed by atoms with Crippen molar-refractivity contribution in [1.29, 1.82) is 0 Å². The summed E-state index contributed by atoms with van der Waals surface area (Å²) in [4.78, 5) is 17.9. The van der Waals surface area contributed by atoms with Crippen molar-refractivity contribution in [1.82, 2.24) is 9.88 Å². The minimum absolute atomic E-state index is 0.112. The Labute approximate surface area is 107 Å². The highest BCUT2D eigenvalue weighted by Gasteiger charge is 2.23. The molecular weight excluding hydrogens is 230 g/mol. The van der Waals surface area contributed by atoms with Gasteiger partial charge >= 0.3 is 6.03 Å². The number of piperidine rings is 1. The lowest BCUT2D eigenvalue weighted by Gasteiger charge is -2.31. The molecule has 1 fully saturated rings. The number of nitrogens with zero attached hydrogens (tertiary/aromatic N) is 2. The van der Waals surface area contributed by atoms with E-state index in [2.05, 4.69) is 10.3 Å². The number of aliphatic hydroxyl groups is 1. The Hall–Kier alpha value is -1.62. The molecule has 98 valence electrons. The van der Waals surface area contributed by atoms with Gasteiger partial charge in [0.15, 0.2) is 0 Å². The number of hydrogen-bond donors (Lipinski definition) is 2. The summed E-state index contributed by atoms with van der Waals surface area (Å²) in [5, 5.41) is 12.0. The van der Waals surface area contributed by atoms with Crippen LogP contribution in [0.2, 0.25) is 0 Å². The molecule has 0 bridgehead atoms. The summed E-state index contributed by atoms with van der Waals surface area (Å²) in [6.45, 7) is 3.43. The molecule has 0 radical (unpaired) electrons. The first-order valence-electron chi connectivity index (χ1n) is 6.28. The number of aryl methyl sites for hydroxylation is 1. The summed E-state index contributed by atoms with van der Waals surface area (Å²) in [6.07, 6.45) is 3.60. The maximum atomic E-state index is 12.0. The summed E-state index contributed by atoms with van der Waals surface area (Å²) in [5.41, 5.74) is 1.63. The molecular formula is C13H19N3O2. The molecule has 0 aromatic carbocycles. The zero-order valence-corrected chi connectivity index (χ0v) is 10.6. The smallest absolute Gasteiger partial charge is 0.321 e. The van der Waals surface area contributed by atoms with Crippen molar-refractivity contribution in [3.8, 4) is 0 Å². The maximum absolute atomic E-state index is 12.0. The molecule has 1 aliphatic rings. The van der Waals surface area contributed by atoms with E-state index < -0.39 is 0 Å². The average molecular weight is 249 g/mol. The van der Waals surface area contributed by atoms with Gasteiger partial charge in [-0.05, 0) is 37.8 Å². The standard InChI is InChI=1S/C13H19N3O2/c1-10-4-5-12(7-14-10)15-13(18)16-6-2-3-11(8-16)9-17/h4-5,7,11,17H,2-3,6,8-9H2,1H3,(H,15,18). The third-order valence-electron chi connectivity index (χ3n) is 3.23. The minimum Gasteiger partial charge on any atom is -0.396 e. The first kappa shape index (κ1) is 12.8. The molecule has 2 amide bonds. The lowest BCUT2D eigenvalue weighted by molar-refractivity contribution is 0.136. The Morgan fingerprint density at radius 3 is 3.11 bits per heavy atom. The number of aliphatic hydroxyl groups excluding tert-OH is 1. The second kappa shape index (κ2) is 5.82. The minimum atomic E-state index is -0.112. The first-order chi connectivity index (χ1) is 8.69. The van der Waals surface area contributed by atoms with Gasteiger partial charge in [0.1, 0.15) is 0 Å². The van der Waals surface area contributed by atoms with Gasteiger partial charge < -0.3 is 15.3 Å². The van der Waals surface area contributed by atoms with Gasteiger partial charge in [-0.3, -0.25) is 4.98 Å². The molecule has 2 N–H and O–H groups in total. The molecule has 0 spiro atoms. The Balaban J connectivity index is 1.93. The number of amides is 2. The van der Waals surface area contributed by atoms with Gasteiger partial charge in [-0.25, -0.2) is 4.79 Å². The van der Waals surface area contributed by atoms with Crippen molar-refractivity contribution in [3.05, 3.63) is 24.0 Å². The number of aromatic nitrogens is 1.